The Bertz CT molecular complexity index is 126. The molecule has 0 radical (unpaired) electrons. The lowest BCUT2D eigenvalue weighted by Crippen LogP contribution is -2.34. The maximum Gasteiger partial charge on any atom is 0.203 e. The van der Waals surface area contributed by atoms with Gasteiger partial charge < -0.3 is 16.4 Å². The molecule has 0 aromatic rings. The first-order valence-corrected chi connectivity index (χ1v) is 4.83. The van der Waals surface area contributed by atoms with Crippen LogP contribution in [0.3, 0.4) is 0 Å². The van der Waals surface area contributed by atoms with Crippen LogP contribution in [0.25, 0.3) is 0 Å². The highest BCUT2D eigenvalue weighted by molar-refractivity contribution is 7.58. The zero-order chi connectivity index (χ0) is 7.49. The molecule has 0 saturated carbocycles. The van der Waals surface area contributed by atoms with Gasteiger partial charge in [-0.3, -0.25) is 4.57 Å². The predicted molar refractivity (Wildman–Crippen MR) is 37.4 cm³/mol. The molecule has 0 amide bonds. The molecule has 5 N–H and O–H groups in total. The summed E-state index contributed by atoms with van der Waals surface area (Å²) in [5, 5.41) is 0. The summed E-state index contributed by atoms with van der Waals surface area (Å²) in [5.74, 6) is 0. The van der Waals surface area contributed by atoms with Crippen LogP contribution in [-0.2, 0) is 4.57 Å². The third kappa shape index (κ3) is 4.60. The Balaban J connectivity index is 3.73. The van der Waals surface area contributed by atoms with E-state index in [2.05, 4.69) is 0 Å². The lowest BCUT2D eigenvalue weighted by atomic mass is 10.7. The summed E-state index contributed by atoms with van der Waals surface area (Å²) in [4.78, 5) is 8.89. The standard InChI is InChI=1S/C4H13N2O2P/c1-2-9(7,8)3-4(5)6/h4H,2-3,5-6H2,1H3,(H,7,8). The molecule has 0 rings (SSSR count). The van der Waals surface area contributed by atoms with Gasteiger partial charge in [0.15, 0.2) is 0 Å². The van der Waals surface area contributed by atoms with Gasteiger partial charge in [0, 0.05) is 6.16 Å². The third-order valence-corrected chi connectivity index (χ3v) is 2.97. The number of hydrogen-bond acceptors (Lipinski definition) is 3. The molecule has 0 saturated heterocycles. The Hall–Kier alpha value is 0.110. The molecule has 1 unspecified atom stereocenters. The normalized spacial score (nSPS) is 17.9. The Morgan fingerprint density at radius 1 is 1.67 bits per heavy atom. The van der Waals surface area contributed by atoms with E-state index >= 15 is 0 Å². The maximum atomic E-state index is 10.8. The summed E-state index contributed by atoms with van der Waals surface area (Å²) in [6.45, 7) is 1.64. The van der Waals surface area contributed by atoms with Gasteiger partial charge >= 0.3 is 0 Å². The molecule has 4 nitrogen and oxygen atoms in total. The van der Waals surface area contributed by atoms with E-state index in [0.29, 0.717) is 0 Å². The van der Waals surface area contributed by atoms with Gasteiger partial charge in [-0.05, 0) is 0 Å². The Labute approximate surface area is 54.7 Å². The van der Waals surface area contributed by atoms with Gasteiger partial charge in [0.1, 0.15) is 0 Å². The van der Waals surface area contributed by atoms with Crippen LogP contribution >= 0.6 is 7.37 Å². The minimum absolute atomic E-state index is 0.0174. The third-order valence-electron chi connectivity index (χ3n) is 0.990. The molecular formula is C4H13N2O2P. The molecule has 1 atom stereocenters. The Kier molecular flexibility index (Phi) is 3.36. The minimum atomic E-state index is -2.98. The van der Waals surface area contributed by atoms with Crippen LogP contribution in [0.15, 0.2) is 0 Å². The molecule has 0 aromatic heterocycles. The van der Waals surface area contributed by atoms with Crippen LogP contribution in [0.1, 0.15) is 6.92 Å². The summed E-state index contributed by atoms with van der Waals surface area (Å²) >= 11 is 0. The first kappa shape index (κ1) is 9.11. The van der Waals surface area contributed by atoms with Crippen molar-refractivity contribution in [2.75, 3.05) is 12.3 Å². The van der Waals surface area contributed by atoms with Crippen LogP contribution in [-0.4, -0.2) is 23.4 Å². The summed E-state index contributed by atoms with van der Waals surface area (Å²) in [6.07, 6.45) is -0.401. The summed E-state index contributed by atoms with van der Waals surface area (Å²) in [6, 6.07) is 0. The fourth-order valence-corrected chi connectivity index (χ4v) is 1.38. The van der Waals surface area contributed by atoms with Crippen molar-refractivity contribution in [1.29, 1.82) is 0 Å². The van der Waals surface area contributed by atoms with Gasteiger partial charge in [-0.25, -0.2) is 0 Å². The van der Waals surface area contributed by atoms with Gasteiger partial charge in [-0.2, -0.15) is 0 Å². The van der Waals surface area contributed by atoms with Crippen molar-refractivity contribution >= 4 is 7.37 Å². The zero-order valence-corrected chi connectivity index (χ0v) is 6.34. The van der Waals surface area contributed by atoms with Gasteiger partial charge in [-0.1, -0.05) is 6.92 Å². The second-order valence-electron chi connectivity index (χ2n) is 2.01. The highest BCUT2D eigenvalue weighted by atomic mass is 31.2. The van der Waals surface area contributed by atoms with E-state index in [-0.39, 0.29) is 12.3 Å². The van der Waals surface area contributed by atoms with E-state index < -0.39 is 13.5 Å². The highest BCUT2D eigenvalue weighted by Gasteiger charge is 2.16. The lowest BCUT2D eigenvalue weighted by Gasteiger charge is -2.10. The molecule has 0 aliphatic heterocycles. The van der Waals surface area contributed by atoms with E-state index in [9.17, 15) is 4.57 Å². The topological polar surface area (TPSA) is 89.3 Å². The number of rotatable bonds is 3. The first-order valence-electron chi connectivity index (χ1n) is 2.80. The molecule has 0 aromatic carbocycles. The molecule has 0 heterocycles. The summed E-state index contributed by atoms with van der Waals surface area (Å²) in [5.41, 5.74) is 10.2. The molecule has 0 aliphatic rings. The van der Waals surface area contributed by atoms with Crippen LogP contribution in [0.5, 0.6) is 0 Å². The van der Waals surface area contributed by atoms with E-state index in [1.165, 1.54) is 0 Å². The van der Waals surface area contributed by atoms with Gasteiger partial charge in [0.2, 0.25) is 7.37 Å². The van der Waals surface area contributed by atoms with Crippen molar-refractivity contribution in [3.8, 4) is 0 Å². The van der Waals surface area contributed by atoms with Gasteiger partial charge in [0.25, 0.3) is 0 Å². The average molecular weight is 152 g/mol. The maximum absolute atomic E-state index is 10.8. The van der Waals surface area contributed by atoms with Crippen LogP contribution in [0.4, 0.5) is 0 Å². The molecule has 0 aliphatic carbocycles. The van der Waals surface area contributed by atoms with E-state index in [1.54, 1.807) is 6.92 Å². The van der Waals surface area contributed by atoms with Crippen molar-refractivity contribution in [2.24, 2.45) is 11.5 Å². The average Bonchev–Trinajstić information content (AvgIpc) is 1.63. The van der Waals surface area contributed by atoms with Crippen molar-refractivity contribution < 1.29 is 9.46 Å². The first-order chi connectivity index (χ1) is 3.98. The quantitative estimate of drug-likeness (QED) is 0.376. The van der Waals surface area contributed by atoms with Crippen molar-refractivity contribution in [3.63, 3.8) is 0 Å². The minimum Gasteiger partial charge on any atom is -0.344 e. The summed E-state index contributed by atoms with van der Waals surface area (Å²) < 4.78 is 10.8. The molecule has 9 heavy (non-hydrogen) atoms. The molecule has 0 spiro atoms. The SMILES string of the molecule is CCP(=O)(O)CC(N)N. The van der Waals surface area contributed by atoms with Crippen molar-refractivity contribution in [2.45, 2.75) is 13.1 Å². The fraction of sp³-hybridized carbons (Fsp3) is 1.00. The molecule has 0 bridgehead atoms. The van der Waals surface area contributed by atoms with Gasteiger partial charge in [0.05, 0.1) is 12.3 Å². The largest absolute Gasteiger partial charge is 0.344 e. The number of hydrogen-bond donors (Lipinski definition) is 3. The molecule has 0 fully saturated rings. The molecule has 56 valence electrons. The highest BCUT2D eigenvalue weighted by Crippen LogP contribution is 2.39. The lowest BCUT2D eigenvalue weighted by molar-refractivity contribution is 0.474. The predicted octanol–water partition coefficient (Wildman–Crippen LogP) is -0.480. The van der Waals surface area contributed by atoms with Crippen LogP contribution in [0, 0.1) is 0 Å². The Morgan fingerprint density at radius 3 is 2.22 bits per heavy atom. The summed E-state index contributed by atoms with van der Waals surface area (Å²) in [7, 11) is -2.98. The smallest absolute Gasteiger partial charge is 0.203 e. The second kappa shape index (κ2) is 3.32. The molecule has 5 heteroatoms. The molecular weight excluding hydrogens is 139 g/mol. The monoisotopic (exact) mass is 152 g/mol. The van der Waals surface area contributed by atoms with E-state index in [4.69, 9.17) is 16.4 Å². The number of nitrogens with two attached hydrogens (primary N) is 2. The van der Waals surface area contributed by atoms with Crippen LogP contribution in [0.2, 0.25) is 0 Å². The van der Waals surface area contributed by atoms with Gasteiger partial charge in [-0.15, -0.1) is 0 Å². The van der Waals surface area contributed by atoms with E-state index in [0.717, 1.165) is 0 Å². The Morgan fingerprint density at radius 2 is 2.11 bits per heavy atom. The van der Waals surface area contributed by atoms with Crippen molar-refractivity contribution in [3.05, 3.63) is 0 Å². The zero-order valence-electron chi connectivity index (χ0n) is 5.45. The fourth-order valence-electron chi connectivity index (χ4n) is 0.459. The van der Waals surface area contributed by atoms with Crippen molar-refractivity contribution in [1.82, 2.24) is 0 Å². The van der Waals surface area contributed by atoms with Crippen LogP contribution < -0.4 is 11.5 Å². The van der Waals surface area contributed by atoms with E-state index in [1.807, 2.05) is 0 Å². The second-order valence-corrected chi connectivity index (χ2v) is 4.70.